The summed E-state index contributed by atoms with van der Waals surface area (Å²) in [7, 11) is 0. The Hall–Kier alpha value is -1.90. The first-order valence-corrected chi connectivity index (χ1v) is 4.29. The van der Waals surface area contributed by atoms with Gasteiger partial charge in [0, 0.05) is 5.56 Å². The number of nitrogens with zero attached hydrogens (tertiary/aromatic N) is 1. The lowest BCUT2D eigenvalue weighted by Crippen LogP contribution is -1.78. The molecule has 2 aromatic rings. The number of oxazole rings is 1. The Kier molecular flexibility index (Phi) is 2.14. The van der Waals surface area contributed by atoms with E-state index in [4.69, 9.17) is 4.42 Å². The molecule has 3 nitrogen and oxygen atoms in total. The van der Waals surface area contributed by atoms with Gasteiger partial charge in [0.05, 0.1) is 5.69 Å². The first kappa shape index (κ1) is 8.69. The molecule has 0 fully saturated rings. The van der Waals surface area contributed by atoms with Crippen molar-refractivity contribution in [3.05, 3.63) is 41.9 Å². The quantitative estimate of drug-likeness (QED) is 0.678. The van der Waals surface area contributed by atoms with Crippen LogP contribution in [0.1, 0.15) is 16.4 Å². The van der Waals surface area contributed by atoms with E-state index >= 15 is 0 Å². The van der Waals surface area contributed by atoms with Gasteiger partial charge in [-0.05, 0) is 6.92 Å². The molecule has 70 valence electrons. The summed E-state index contributed by atoms with van der Waals surface area (Å²) in [5, 5.41) is 0. The van der Waals surface area contributed by atoms with Crippen LogP contribution in [0.25, 0.3) is 11.3 Å². The molecule has 1 aromatic heterocycles. The smallest absolute Gasteiger partial charge is 0.260 e. The van der Waals surface area contributed by atoms with Gasteiger partial charge in [-0.2, -0.15) is 0 Å². The van der Waals surface area contributed by atoms with Crippen LogP contribution in [-0.4, -0.2) is 11.3 Å². The first-order chi connectivity index (χ1) is 6.81. The highest BCUT2D eigenvalue weighted by Crippen LogP contribution is 2.23. The molecule has 3 heteroatoms. The van der Waals surface area contributed by atoms with Crippen molar-refractivity contribution in [3.63, 3.8) is 0 Å². The fourth-order valence-corrected chi connectivity index (χ4v) is 1.33. The minimum absolute atomic E-state index is 0.126. The lowest BCUT2D eigenvalue weighted by molar-refractivity contribution is 0.109. The molecule has 0 spiro atoms. The minimum atomic E-state index is 0.126. The average molecular weight is 187 g/mol. The van der Waals surface area contributed by atoms with Crippen LogP contribution >= 0.6 is 0 Å². The van der Waals surface area contributed by atoms with E-state index in [0.717, 1.165) is 11.3 Å². The number of aryl methyl sites for hydroxylation is 1. The molecule has 0 bridgehead atoms. The molecule has 1 aromatic carbocycles. The van der Waals surface area contributed by atoms with Gasteiger partial charge < -0.3 is 4.42 Å². The maximum absolute atomic E-state index is 10.4. The Labute approximate surface area is 81.4 Å². The van der Waals surface area contributed by atoms with E-state index in [1.54, 1.807) is 0 Å². The predicted molar refractivity (Wildman–Crippen MR) is 52.1 cm³/mol. The highest BCUT2D eigenvalue weighted by molar-refractivity contribution is 5.70. The van der Waals surface area contributed by atoms with E-state index < -0.39 is 0 Å². The van der Waals surface area contributed by atoms with Crippen LogP contribution in [0.4, 0.5) is 0 Å². The number of aromatic nitrogens is 1. The van der Waals surface area contributed by atoms with Crippen molar-refractivity contribution in [3.8, 4) is 11.3 Å². The van der Waals surface area contributed by atoms with Gasteiger partial charge >= 0.3 is 0 Å². The van der Waals surface area contributed by atoms with Crippen LogP contribution in [0.2, 0.25) is 0 Å². The van der Waals surface area contributed by atoms with Gasteiger partial charge in [-0.3, -0.25) is 4.79 Å². The molecule has 0 saturated carbocycles. The summed E-state index contributed by atoms with van der Waals surface area (Å²) >= 11 is 0. The van der Waals surface area contributed by atoms with E-state index in [1.165, 1.54) is 0 Å². The number of carbonyl (C=O) groups is 1. The molecule has 0 aliphatic heterocycles. The molecule has 0 aliphatic carbocycles. The summed E-state index contributed by atoms with van der Waals surface area (Å²) in [6.45, 7) is 1.82. The van der Waals surface area contributed by atoms with Crippen LogP contribution in [-0.2, 0) is 0 Å². The molecular weight excluding hydrogens is 178 g/mol. The molecule has 0 saturated heterocycles. The molecule has 0 amide bonds. The van der Waals surface area contributed by atoms with Gasteiger partial charge in [0.15, 0.2) is 5.76 Å². The first-order valence-electron chi connectivity index (χ1n) is 4.29. The SMILES string of the molecule is Cc1nc(C=O)oc1-c1ccccc1. The fraction of sp³-hybridized carbons (Fsp3) is 0.0909. The molecule has 0 N–H and O–H groups in total. The lowest BCUT2D eigenvalue weighted by Gasteiger charge is -1.95. The molecule has 0 atom stereocenters. The fourth-order valence-electron chi connectivity index (χ4n) is 1.33. The van der Waals surface area contributed by atoms with E-state index in [2.05, 4.69) is 4.98 Å². The van der Waals surface area contributed by atoms with Gasteiger partial charge in [-0.15, -0.1) is 0 Å². The zero-order valence-electron chi connectivity index (χ0n) is 7.73. The van der Waals surface area contributed by atoms with E-state index in [0.29, 0.717) is 12.0 Å². The molecule has 14 heavy (non-hydrogen) atoms. The maximum Gasteiger partial charge on any atom is 0.260 e. The standard InChI is InChI=1S/C11H9NO2/c1-8-11(14-10(7-13)12-8)9-5-3-2-4-6-9/h2-7H,1H3. The molecule has 2 rings (SSSR count). The second-order valence-corrected chi connectivity index (χ2v) is 2.95. The van der Waals surface area contributed by atoms with E-state index in [-0.39, 0.29) is 5.89 Å². The molecule has 0 unspecified atom stereocenters. The largest absolute Gasteiger partial charge is 0.434 e. The molecule has 1 heterocycles. The average Bonchev–Trinajstić information content (AvgIpc) is 2.61. The summed E-state index contributed by atoms with van der Waals surface area (Å²) in [5.74, 6) is 0.786. The number of aldehydes is 1. The highest BCUT2D eigenvalue weighted by atomic mass is 16.4. The second kappa shape index (κ2) is 3.46. The summed E-state index contributed by atoms with van der Waals surface area (Å²) in [6, 6.07) is 9.59. The number of hydrogen-bond acceptors (Lipinski definition) is 3. The molecular formula is C11H9NO2. The zero-order chi connectivity index (χ0) is 9.97. The van der Waals surface area contributed by atoms with Crippen molar-refractivity contribution in [1.29, 1.82) is 0 Å². The third-order valence-corrected chi connectivity index (χ3v) is 1.95. The number of carbonyl (C=O) groups excluding carboxylic acids is 1. The Bertz CT molecular complexity index is 446. The van der Waals surface area contributed by atoms with E-state index in [1.807, 2.05) is 37.3 Å². The van der Waals surface area contributed by atoms with Gasteiger partial charge in [0.1, 0.15) is 0 Å². The zero-order valence-corrected chi connectivity index (χ0v) is 7.73. The van der Waals surface area contributed by atoms with Crippen molar-refractivity contribution >= 4 is 6.29 Å². The van der Waals surface area contributed by atoms with Gasteiger partial charge in [0.25, 0.3) is 5.89 Å². The van der Waals surface area contributed by atoms with E-state index in [9.17, 15) is 4.79 Å². The Morgan fingerprint density at radius 2 is 2.00 bits per heavy atom. The van der Waals surface area contributed by atoms with Crippen molar-refractivity contribution in [2.24, 2.45) is 0 Å². The Morgan fingerprint density at radius 1 is 1.29 bits per heavy atom. The summed E-state index contributed by atoms with van der Waals surface area (Å²) in [6.07, 6.45) is 0.611. The van der Waals surface area contributed by atoms with Crippen LogP contribution in [0.15, 0.2) is 34.7 Å². The summed E-state index contributed by atoms with van der Waals surface area (Å²) < 4.78 is 5.27. The normalized spacial score (nSPS) is 10.1. The van der Waals surface area contributed by atoms with Crippen LogP contribution in [0.3, 0.4) is 0 Å². The predicted octanol–water partition coefficient (Wildman–Crippen LogP) is 2.46. The van der Waals surface area contributed by atoms with Crippen molar-refractivity contribution in [2.45, 2.75) is 6.92 Å². The number of benzene rings is 1. The minimum Gasteiger partial charge on any atom is -0.434 e. The maximum atomic E-state index is 10.4. The Morgan fingerprint density at radius 3 is 2.57 bits per heavy atom. The van der Waals surface area contributed by atoms with Crippen molar-refractivity contribution in [2.75, 3.05) is 0 Å². The Balaban J connectivity index is 2.51. The third kappa shape index (κ3) is 1.44. The van der Waals surface area contributed by atoms with Crippen LogP contribution in [0, 0.1) is 6.92 Å². The number of hydrogen-bond donors (Lipinski definition) is 0. The van der Waals surface area contributed by atoms with Gasteiger partial charge in [-0.1, -0.05) is 30.3 Å². The van der Waals surface area contributed by atoms with Crippen LogP contribution in [0.5, 0.6) is 0 Å². The summed E-state index contributed by atoms with van der Waals surface area (Å²) in [4.78, 5) is 14.4. The monoisotopic (exact) mass is 187 g/mol. The number of rotatable bonds is 2. The van der Waals surface area contributed by atoms with Gasteiger partial charge in [0.2, 0.25) is 6.29 Å². The third-order valence-electron chi connectivity index (χ3n) is 1.95. The van der Waals surface area contributed by atoms with Crippen molar-refractivity contribution in [1.82, 2.24) is 4.98 Å². The molecule has 0 radical (unpaired) electrons. The highest BCUT2D eigenvalue weighted by Gasteiger charge is 2.09. The summed E-state index contributed by atoms with van der Waals surface area (Å²) in [5.41, 5.74) is 1.67. The second-order valence-electron chi connectivity index (χ2n) is 2.95. The topological polar surface area (TPSA) is 43.1 Å². The molecule has 0 aliphatic rings. The van der Waals surface area contributed by atoms with Crippen LogP contribution < -0.4 is 0 Å². The van der Waals surface area contributed by atoms with Gasteiger partial charge in [-0.25, -0.2) is 4.98 Å². The van der Waals surface area contributed by atoms with Crippen molar-refractivity contribution < 1.29 is 9.21 Å². The lowest BCUT2D eigenvalue weighted by atomic mass is 10.1.